The Labute approximate surface area is 116 Å². The molecular weight excluding hydrogens is 238 g/mol. The van der Waals surface area contributed by atoms with Gasteiger partial charge in [0, 0.05) is 5.41 Å². The molecule has 3 N–H and O–H groups in total. The van der Waals surface area contributed by atoms with Crippen molar-refractivity contribution in [3.63, 3.8) is 0 Å². The van der Waals surface area contributed by atoms with Crippen molar-refractivity contribution in [3.05, 3.63) is 29.8 Å². The fourth-order valence-electron chi connectivity index (χ4n) is 1.85. The Morgan fingerprint density at radius 3 is 2.58 bits per heavy atom. The predicted molar refractivity (Wildman–Crippen MR) is 79.3 cm³/mol. The van der Waals surface area contributed by atoms with Gasteiger partial charge in [-0.2, -0.15) is 0 Å². The van der Waals surface area contributed by atoms with Gasteiger partial charge in [0.2, 0.25) is 0 Å². The molecule has 0 amide bonds. The molecule has 0 bridgehead atoms. The zero-order valence-corrected chi connectivity index (χ0v) is 12.4. The molecule has 0 saturated heterocycles. The van der Waals surface area contributed by atoms with Crippen LogP contribution in [0, 0.1) is 5.41 Å². The minimum atomic E-state index is -0.503. The van der Waals surface area contributed by atoms with Gasteiger partial charge in [-0.15, -0.1) is 0 Å². The van der Waals surface area contributed by atoms with Crippen LogP contribution >= 0.6 is 0 Å². The Morgan fingerprint density at radius 2 is 2.00 bits per heavy atom. The fourth-order valence-corrected chi connectivity index (χ4v) is 1.85. The van der Waals surface area contributed by atoms with E-state index in [-0.39, 0.29) is 5.41 Å². The van der Waals surface area contributed by atoms with Crippen molar-refractivity contribution < 1.29 is 9.84 Å². The van der Waals surface area contributed by atoms with E-state index in [1.54, 1.807) is 0 Å². The number of benzene rings is 1. The van der Waals surface area contributed by atoms with Crippen molar-refractivity contribution in [3.8, 4) is 5.75 Å². The Hall–Kier alpha value is -1.06. The van der Waals surface area contributed by atoms with Crippen molar-refractivity contribution in [1.29, 1.82) is 0 Å². The van der Waals surface area contributed by atoms with E-state index in [2.05, 4.69) is 20.8 Å². The summed E-state index contributed by atoms with van der Waals surface area (Å²) in [5, 5.41) is 9.93. The minimum absolute atomic E-state index is 0.214. The third-order valence-corrected chi connectivity index (χ3v) is 3.98. The van der Waals surface area contributed by atoms with Crippen molar-refractivity contribution in [1.82, 2.24) is 0 Å². The molecule has 0 saturated carbocycles. The molecule has 0 aliphatic carbocycles. The molecule has 0 unspecified atom stereocenters. The highest BCUT2D eigenvalue weighted by atomic mass is 16.5. The van der Waals surface area contributed by atoms with Crippen molar-refractivity contribution in [2.45, 2.75) is 46.1 Å². The molecule has 0 aromatic heterocycles. The summed E-state index contributed by atoms with van der Waals surface area (Å²) in [5.74, 6) is 0.821. The van der Waals surface area contributed by atoms with Crippen LogP contribution in [0.1, 0.15) is 51.7 Å². The van der Waals surface area contributed by atoms with Gasteiger partial charge in [-0.1, -0.05) is 32.9 Å². The Bertz CT molecular complexity index is 375. The molecule has 0 spiro atoms. The van der Waals surface area contributed by atoms with Crippen LogP contribution in [-0.2, 0) is 0 Å². The van der Waals surface area contributed by atoms with E-state index < -0.39 is 6.10 Å². The third kappa shape index (κ3) is 4.84. The van der Waals surface area contributed by atoms with Gasteiger partial charge in [0.05, 0.1) is 12.7 Å². The normalized spacial score (nSPS) is 13.3. The maximum Gasteiger partial charge on any atom is 0.119 e. The largest absolute Gasteiger partial charge is 0.493 e. The standard InChI is InChI=1S/C16H27NO2/c1-4-16(3,5-2)12-19-14-8-6-7-13(11-14)15(18)9-10-17/h6-8,11,15,18H,4-5,9-10,12,17H2,1-3H3/t15-/m0/s1. The van der Waals surface area contributed by atoms with E-state index in [4.69, 9.17) is 10.5 Å². The molecule has 3 heteroatoms. The molecule has 0 aliphatic heterocycles. The van der Waals surface area contributed by atoms with E-state index >= 15 is 0 Å². The molecule has 0 aliphatic rings. The van der Waals surface area contributed by atoms with E-state index in [1.165, 1.54) is 0 Å². The van der Waals surface area contributed by atoms with Crippen LogP contribution in [0.5, 0.6) is 5.75 Å². The maximum absolute atomic E-state index is 9.93. The van der Waals surface area contributed by atoms with Crippen LogP contribution in [-0.4, -0.2) is 18.3 Å². The highest BCUT2D eigenvalue weighted by Crippen LogP contribution is 2.27. The van der Waals surface area contributed by atoms with E-state index in [9.17, 15) is 5.11 Å². The summed E-state index contributed by atoms with van der Waals surface area (Å²) < 4.78 is 5.88. The first-order valence-corrected chi connectivity index (χ1v) is 7.15. The molecule has 1 aromatic rings. The molecule has 0 heterocycles. The summed E-state index contributed by atoms with van der Waals surface area (Å²) in [5.41, 5.74) is 6.55. The van der Waals surface area contributed by atoms with Crippen molar-refractivity contribution in [2.24, 2.45) is 11.1 Å². The average Bonchev–Trinajstić information content (AvgIpc) is 2.45. The topological polar surface area (TPSA) is 55.5 Å². The fraction of sp³-hybridized carbons (Fsp3) is 0.625. The number of nitrogens with two attached hydrogens (primary N) is 1. The highest BCUT2D eigenvalue weighted by Gasteiger charge is 2.20. The van der Waals surface area contributed by atoms with Crippen LogP contribution < -0.4 is 10.5 Å². The van der Waals surface area contributed by atoms with Gasteiger partial charge < -0.3 is 15.6 Å². The van der Waals surface area contributed by atoms with Gasteiger partial charge in [0.1, 0.15) is 5.75 Å². The second-order valence-corrected chi connectivity index (χ2v) is 5.47. The van der Waals surface area contributed by atoms with Crippen LogP contribution in [0.3, 0.4) is 0 Å². The molecule has 19 heavy (non-hydrogen) atoms. The summed E-state index contributed by atoms with van der Waals surface area (Å²) in [6, 6.07) is 7.67. The zero-order valence-electron chi connectivity index (χ0n) is 12.4. The van der Waals surface area contributed by atoms with E-state index in [0.29, 0.717) is 19.6 Å². The van der Waals surface area contributed by atoms with Gasteiger partial charge >= 0.3 is 0 Å². The maximum atomic E-state index is 9.93. The lowest BCUT2D eigenvalue weighted by atomic mass is 9.86. The van der Waals surface area contributed by atoms with Gasteiger partial charge in [-0.05, 0) is 43.5 Å². The monoisotopic (exact) mass is 265 g/mol. The van der Waals surface area contributed by atoms with Crippen LogP contribution in [0.2, 0.25) is 0 Å². The lowest BCUT2D eigenvalue weighted by molar-refractivity contribution is 0.149. The lowest BCUT2D eigenvalue weighted by Gasteiger charge is -2.26. The first kappa shape index (κ1) is 16.0. The Kier molecular flexibility index (Phi) is 6.32. The lowest BCUT2D eigenvalue weighted by Crippen LogP contribution is -2.23. The van der Waals surface area contributed by atoms with Crippen molar-refractivity contribution in [2.75, 3.05) is 13.2 Å². The minimum Gasteiger partial charge on any atom is -0.493 e. The predicted octanol–water partition coefficient (Wildman–Crippen LogP) is 3.27. The van der Waals surface area contributed by atoms with E-state index in [1.807, 2.05) is 24.3 Å². The smallest absolute Gasteiger partial charge is 0.119 e. The van der Waals surface area contributed by atoms with Gasteiger partial charge in [0.25, 0.3) is 0 Å². The molecule has 0 fully saturated rings. The number of hydrogen-bond donors (Lipinski definition) is 2. The average molecular weight is 265 g/mol. The van der Waals surface area contributed by atoms with Gasteiger partial charge in [-0.25, -0.2) is 0 Å². The Morgan fingerprint density at radius 1 is 1.32 bits per heavy atom. The summed E-state index contributed by atoms with van der Waals surface area (Å²) in [6.07, 6.45) is 2.26. The highest BCUT2D eigenvalue weighted by molar-refractivity contribution is 5.30. The number of aliphatic hydroxyl groups excluding tert-OH is 1. The third-order valence-electron chi connectivity index (χ3n) is 3.98. The molecule has 3 nitrogen and oxygen atoms in total. The summed E-state index contributed by atoms with van der Waals surface area (Å²) >= 11 is 0. The molecule has 0 radical (unpaired) electrons. The van der Waals surface area contributed by atoms with Crippen LogP contribution in [0.4, 0.5) is 0 Å². The quantitative estimate of drug-likeness (QED) is 0.758. The second-order valence-electron chi connectivity index (χ2n) is 5.47. The van der Waals surface area contributed by atoms with Gasteiger partial charge in [0.15, 0.2) is 0 Å². The number of rotatable bonds is 8. The Balaban J connectivity index is 2.67. The van der Waals surface area contributed by atoms with Crippen molar-refractivity contribution >= 4 is 0 Å². The molecule has 1 rings (SSSR count). The summed E-state index contributed by atoms with van der Waals surface area (Å²) in [4.78, 5) is 0. The zero-order chi connectivity index (χ0) is 14.3. The first-order chi connectivity index (χ1) is 9.04. The molecule has 1 aromatic carbocycles. The van der Waals surface area contributed by atoms with Gasteiger partial charge in [-0.3, -0.25) is 0 Å². The first-order valence-electron chi connectivity index (χ1n) is 7.15. The summed E-state index contributed by atoms with van der Waals surface area (Å²) in [7, 11) is 0. The van der Waals surface area contributed by atoms with Crippen LogP contribution in [0.25, 0.3) is 0 Å². The number of aliphatic hydroxyl groups is 1. The van der Waals surface area contributed by atoms with Crippen LogP contribution in [0.15, 0.2) is 24.3 Å². The molecular formula is C16H27NO2. The number of ether oxygens (including phenoxy) is 1. The SMILES string of the molecule is CCC(C)(CC)COc1cccc([C@@H](O)CCN)c1. The molecule has 108 valence electrons. The number of hydrogen-bond acceptors (Lipinski definition) is 3. The molecule has 1 atom stereocenters. The van der Waals surface area contributed by atoms with E-state index in [0.717, 1.165) is 24.2 Å². The summed E-state index contributed by atoms with van der Waals surface area (Å²) in [6.45, 7) is 7.80. The second kappa shape index (κ2) is 7.51.